The number of hydrogen-bond donors (Lipinski definition) is 1. The lowest BCUT2D eigenvalue weighted by atomic mass is 10.0. The van der Waals surface area contributed by atoms with E-state index in [0.717, 1.165) is 38.6 Å². The zero-order valence-corrected chi connectivity index (χ0v) is 16.1. The summed E-state index contributed by atoms with van der Waals surface area (Å²) < 4.78 is 7.00. The monoisotopic (exact) mass is 439 g/mol. The minimum Gasteiger partial charge on any atom is -0.460 e. The molecule has 1 heterocycles. The predicted octanol–water partition coefficient (Wildman–Crippen LogP) is 5.90. The zero-order valence-electron chi connectivity index (χ0n) is 12.4. The van der Waals surface area contributed by atoms with E-state index in [9.17, 15) is 0 Å². The summed E-state index contributed by atoms with van der Waals surface area (Å²) in [6.45, 7) is 7.27. The molecule has 0 aliphatic carbocycles. The van der Waals surface area contributed by atoms with Crippen molar-refractivity contribution in [3.8, 4) is 11.3 Å². The van der Waals surface area contributed by atoms with E-state index in [2.05, 4.69) is 48.7 Å². The van der Waals surface area contributed by atoms with Crippen molar-refractivity contribution in [1.29, 1.82) is 0 Å². The summed E-state index contributed by atoms with van der Waals surface area (Å²) >= 11 is 8.51. The molecule has 1 aromatic heterocycles. The first-order chi connectivity index (χ1) is 9.41. The SMILES string of the molecule is CCC(C)(C)NCc1ccc(-c2ccc(I)cc2Cl)o1.Cl. The van der Waals surface area contributed by atoms with Crippen molar-refractivity contribution in [3.05, 3.63) is 44.7 Å². The van der Waals surface area contributed by atoms with Gasteiger partial charge in [-0.1, -0.05) is 18.5 Å². The van der Waals surface area contributed by atoms with Crippen LogP contribution in [0.5, 0.6) is 0 Å². The smallest absolute Gasteiger partial charge is 0.135 e. The third-order valence-electron chi connectivity index (χ3n) is 3.48. The van der Waals surface area contributed by atoms with Crippen molar-refractivity contribution in [2.45, 2.75) is 39.3 Å². The van der Waals surface area contributed by atoms with Gasteiger partial charge in [0.15, 0.2) is 0 Å². The molecule has 1 N–H and O–H groups in total. The highest BCUT2D eigenvalue weighted by atomic mass is 127. The maximum atomic E-state index is 6.26. The van der Waals surface area contributed by atoms with Crippen LogP contribution in [0.15, 0.2) is 34.7 Å². The molecule has 0 bridgehead atoms. The highest BCUT2D eigenvalue weighted by Crippen LogP contribution is 2.30. The molecule has 0 unspecified atom stereocenters. The Kier molecular flexibility index (Phi) is 7.04. The molecular weight excluding hydrogens is 420 g/mol. The van der Waals surface area contributed by atoms with Crippen LogP contribution < -0.4 is 5.32 Å². The lowest BCUT2D eigenvalue weighted by Gasteiger charge is -2.23. The largest absolute Gasteiger partial charge is 0.460 e. The lowest BCUT2D eigenvalue weighted by Crippen LogP contribution is -2.37. The second-order valence-electron chi connectivity index (χ2n) is 5.48. The molecule has 0 aliphatic rings. The fraction of sp³-hybridized carbons (Fsp3) is 0.375. The standard InChI is InChI=1S/C16H19ClINO.ClH/c1-4-16(2,3)19-10-12-6-8-15(20-12)13-7-5-11(18)9-14(13)17;/h5-9,19H,4,10H2,1-3H3;1H. The van der Waals surface area contributed by atoms with E-state index in [4.69, 9.17) is 16.0 Å². The summed E-state index contributed by atoms with van der Waals surface area (Å²) in [5, 5.41) is 4.21. The van der Waals surface area contributed by atoms with Gasteiger partial charge >= 0.3 is 0 Å². The first kappa shape index (κ1) is 18.8. The van der Waals surface area contributed by atoms with Crippen molar-refractivity contribution >= 4 is 46.6 Å². The average molecular weight is 440 g/mol. The van der Waals surface area contributed by atoms with Gasteiger partial charge in [-0.05, 0) is 73.2 Å². The molecule has 5 heteroatoms. The number of hydrogen-bond acceptors (Lipinski definition) is 2. The summed E-state index contributed by atoms with van der Waals surface area (Å²) in [6.07, 6.45) is 1.07. The molecule has 2 rings (SSSR count). The third-order valence-corrected chi connectivity index (χ3v) is 4.47. The van der Waals surface area contributed by atoms with Crippen molar-refractivity contribution < 1.29 is 4.42 Å². The minimum absolute atomic E-state index is 0. The molecule has 21 heavy (non-hydrogen) atoms. The molecule has 0 atom stereocenters. The van der Waals surface area contributed by atoms with Crippen molar-refractivity contribution in [1.82, 2.24) is 5.32 Å². The minimum atomic E-state index is 0. The fourth-order valence-corrected chi connectivity index (χ4v) is 2.71. The van der Waals surface area contributed by atoms with E-state index in [0.29, 0.717) is 0 Å². The Morgan fingerprint density at radius 3 is 2.57 bits per heavy atom. The summed E-state index contributed by atoms with van der Waals surface area (Å²) in [6, 6.07) is 9.95. The van der Waals surface area contributed by atoms with Crippen LogP contribution in [-0.4, -0.2) is 5.54 Å². The summed E-state index contributed by atoms with van der Waals surface area (Å²) in [5.41, 5.74) is 1.06. The summed E-state index contributed by atoms with van der Waals surface area (Å²) in [4.78, 5) is 0. The quantitative estimate of drug-likeness (QED) is 0.586. The van der Waals surface area contributed by atoms with E-state index in [-0.39, 0.29) is 17.9 Å². The van der Waals surface area contributed by atoms with Crippen LogP contribution in [-0.2, 0) is 6.54 Å². The molecule has 116 valence electrons. The highest BCUT2D eigenvalue weighted by molar-refractivity contribution is 14.1. The normalized spacial score (nSPS) is 11.3. The van der Waals surface area contributed by atoms with Gasteiger partial charge in [0.25, 0.3) is 0 Å². The second kappa shape index (κ2) is 7.86. The molecule has 0 saturated carbocycles. The maximum Gasteiger partial charge on any atom is 0.135 e. The van der Waals surface area contributed by atoms with Crippen molar-refractivity contribution in [3.63, 3.8) is 0 Å². The van der Waals surface area contributed by atoms with Crippen molar-refractivity contribution in [2.24, 2.45) is 0 Å². The van der Waals surface area contributed by atoms with Gasteiger partial charge in [0.2, 0.25) is 0 Å². The number of nitrogens with one attached hydrogen (secondary N) is 1. The molecule has 0 fully saturated rings. The highest BCUT2D eigenvalue weighted by Gasteiger charge is 2.15. The Bertz CT molecular complexity index is 596. The first-order valence-corrected chi connectivity index (χ1v) is 8.16. The van der Waals surface area contributed by atoms with E-state index in [1.807, 2.05) is 30.3 Å². The van der Waals surface area contributed by atoms with Crippen LogP contribution >= 0.6 is 46.6 Å². The van der Waals surface area contributed by atoms with Gasteiger partial charge in [0.1, 0.15) is 11.5 Å². The molecule has 2 nitrogen and oxygen atoms in total. The van der Waals surface area contributed by atoms with Crippen LogP contribution in [0.2, 0.25) is 5.02 Å². The van der Waals surface area contributed by atoms with Crippen LogP contribution in [0.25, 0.3) is 11.3 Å². The van der Waals surface area contributed by atoms with Gasteiger partial charge in [-0.15, -0.1) is 12.4 Å². The van der Waals surface area contributed by atoms with Gasteiger partial charge in [-0.25, -0.2) is 0 Å². The Balaban J connectivity index is 0.00000220. The maximum absolute atomic E-state index is 6.26. The van der Waals surface area contributed by atoms with Crippen molar-refractivity contribution in [2.75, 3.05) is 0 Å². The molecule has 0 radical (unpaired) electrons. The number of halogens is 3. The third kappa shape index (κ3) is 5.16. The second-order valence-corrected chi connectivity index (χ2v) is 7.13. The Morgan fingerprint density at radius 1 is 1.24 bits per heavy atom. The van der Waals surface area contributed by atoms with Gasteiger partial charge in [0, 0.05) is 14.7 Å². The predicted molar refractivity (Wildman–Crippen MR) is 100 cm³/mol. The van der Waals surface area contributed by atoms with Crippen LogP contribution in [0.1, 0.15) is 33.0 Å². The molecule has 2 aromatic rings. The fourth-order valence-electron chi connectivity index (χ4n) is 1.76. The average Bonchev–Trinajstić information content (AvgIpc) is 2.85. The zero-order chi connectivity index (χ0) is 14.8. The molecule has 0 amide bonds. The van der Waals surface area contributed by atoms with Gasteiger partial charge in [-0.3, -0.25) is 0 Å². The van der Waals surface area contributed by atoms with Crippen LogP contribution in [0, 0.1) is 3.57 Å². The number of furan rings is 1. The number of benzene rings is 1. The van der Waals surface area contributed by atoms with Gasteiger partial charge in [-0.2, -0.15) is 0 Å². The molecule has 0 aliphatic heterocycles. The van der Waals surface area contributed by atoms with Crippen LogP contribution in [0.3, 0.4) is 0 Å². The van der Waals surface area contributed by atoms with Crippen LogP contribution in [0.4, 0.5) is 0 Å². The Morgan fingerprint density at radius 2 is 1.95 bits per heavy atom. The van der Waals surface area contributed by atoms with E-state index < -0.39 is 0 Å². The summed E-state index contributed by atoms with van der Waals surface area (Å²) in [7, 11) is 0. The molecule has 1 aromatic carbocycles. The van der Waals surface area contributed by atoms with E-state index in [1.165, 1.54) is 0 Å². The molecular formula is C16H20Cl2INO. The topological polar surface area (TPSA) is 25.2 Å². The van der Waals surface area contributed by atoms with E-state index >= 15 is 0 Å². The van der Waals surface area contributed by atoms with Gasteiger partial charge in [0.05, 0.1) is 11.6 Å². The summed E-state index contributed by atoms with van der Waals surface area (Å²) in [5.74, 6) is 1.74. The van der Waals surface area contributed by atoms with Gasteiger partial charge < -0.3 is 9.73 Å². The Labute approximate surface area is 151 Å². The first-order valence-electron chi connectivity index (χ1n) is 6.70. The molecule has 0 saturated heterocycles. The number of rotatable bonds is 5. The lowest BCUT2D eigenvalue weighted by molar-refractivity contribution is 0.353. The van der Waals surface area contributed by atoms with E-state index in [1.54, 1.807) is 0 Å². The Hall–Kier alpha value is -0.230. The molecule has 0 spiro atoms.